The predicted octanol–water partition coefficient (Wildman–Crippen LogP) is 2.09. The Kier molecular flexibility index (Phi) is 5.54. The van der Waals surface area contributed by atoms with Crippen LogP contribution in [0.2, 0.25) is 0 Å². The standard InChI is InChI=1S/C18H26N4O/c1-3-23-13-12-21-8-10-22(11-9-21)14-18-15(2)19-16-6-4-5-7-17(16)20-18/h4-7H,3,8-14H2,1-2H3. The highest BCUT2D eigenvalue weighted by Gasteiger charge is 2.18. The molecule has 1 saturated heterocycles. The van der Waals surface area contributed by atoms with Crippen molar-refractivity contribution >= 4 is 11.0 Å². The van der Waals surface area contributed by atoms with E-state index in [9.17, 15) is 0 Å². The second kappa shape index (κ2) is 7.81. The fraction of sp³-hybridized carbons (Fsp3) is 0.556. The van der Waals surface area contributed by atoms with E-state index in [0.29, 0.717) is 0 Å². The molecule has 2 aromatic rings. The van der Waals surface area contributed by atoms with Crippen LogP contribution in [0.15, 0.2) is 24.3 Å². The number of piperazine rings is 1. The molecule has 124 valence electrons. The van der Waals surface area contributed by atoms with Gasteiger partial charge in [-0.1, -0.05) is 12.1 Å². The number of para-hydroxylation sites is 2. The van der Waals surface area contributed by atoms with Crippen molar-refractivity contribution in [1.82, 2.24) is 19.8 Å². The summed E-state index contributed by atoms with van der Waals surface area (Å²) < 4.78 is 5.44. The van der Waals surface area contributed by atoms with Gasteiger partial charge in [0.1, 0.15) is 0 Å². The zero-order chi connectivity index (χ0) is 16.1. The Morgan fingerprint density at radius 3 is 2.35 bits per heavy atom. The Hall–Kier alpha value is -1.56. The van der Waals surface area contributed by atoms with Crippen molar-refractivity contribution in [2.45, 2.75) is 20.4 Å². The molecule has 0 atom stereocenters. The molecule has 0 spiro atoms. The quantitative estimate of drug-likeness (QED) is 0.764. The van der Waals surface area contributed by atoms with E-state index >= 15 is 0 Å². The van der Waals surface area contributed by atoms with Crippen molar-refractivity contribution in [2.24, 2.45) is 0 Å². The normalized spacial score (nSPS) is 17.0. The number of aryl methyl sites for hydroxylation is 1. The summed E-state index contributed by atoms with van der Waals surface area (Å²) in [6.45, 7) is 12.1. The zero-order valence-electron chi connectivity index (χ0n) is 14.2. The summed E-state index contributed by atoms with van der Waals surface area (Å²) in [5.41, 5.74) is 4.12. The van der Waals surface area contributed by atoms with Crippen molar-refractivity contribution < 1.29 is 4.74 Å². The van der Waals surface area contributed by atoms with Gasteiger partial charge in [-0.2, -0.15) is 0 Å². The van der Waals surface area contributed by atoms with Crippen LogP contribution in [-0.4, -0.2) is 65.7 Å². The summed E-state index contributed by atoms with van der Waals surface area (Å²) in [4.78, 5) is 14.5. The maximum absolute atomic E-state index is 5.44. The molecule has 0 radical (unpaired) electrons. The van der Waals surface area contributed by atoms with Gasteiger partial charge in [-0.3, -0.25) is 9.80 Å². The molecular formula is C18H26N4O. The number of fused-ring (bicyclic) bond motifs is 1. The molecule has 5 nitrogen and oxygen atoms in total. The van der Waals surface area contributed by atoms with Crippen LogP contribution in [-0.2, 0) is 11.3 Å². The number of hydrogen-bond donors (Lipinski definition) is 0. The molecule has 0 bridgehead atoms. The van der Waals surface area contributed by atoms with Crippen molar-refractivity contribution in [1.29, 1.82) is 0 Å². The third-order valence-corrected chi connectivity index (χ3v) is 4.44. The molecule has 23 heavy (non-hydrogen) atoms. The largest absolute Gasteiger partial charge is 0.380 e. The lowest BCUT2D eigenvalue weighted by molar-refractivity contribution is 0.0781. The van der Waals surface area contributed by atoms with Crippen LogP contribution < -0.4 is 0 Å². The minimum Gasteiger partial charge on any atom is -0.380 e. The maximum atomic E-state index is 5.44. The summed E-state index contributed by atoms with van der Waals surface area (Å²) in [5, 5.41) is 0. The van der Waals surface area contributed by atoms with E-state index in [4.69, 9.17) is 9.72 Å². The van der Waals surface area contributed by atoms with Gasteiger partial charge < -0.3 is 4.74 Å². The van der Waals surface area contributed by atoms with Crippen LogP contribution in [0.3, 0.4) is 0 Å². The van der Waals surface area contributed by atoms with Gasteiger partial charge in [0.2, 0.25) is 0 Å². The van der Waals surface area contributed by atoms with E-state index in [-0.39, 0.29) is 0 Å². The highest BCUT2D eigenvalue weighted by Crippen LogP contribution is 2.14. The summed E-state index contributed by atoms with van der Waals surface area (Å²) in [6.07, 6.45) is 0. The first-order valence-electron chi connectivity index (χ1n) is 8.51. The Bertz CT molecular complexity index is 638. The molecule has 3 rings (SSSR count). The maximum Gasteiger partial charge on any atom is 0.0890 e. The number of aromatic nitrogens is 2. The molecule has 2 heterocycles. The Labute approximate surface area is 138 Å². The fourth-order valence-electron chi connectivity index (χ4n) is 3.00. The van der Waals surface area contributed by atoms with Crippen molar-refractivity contribution in [3.05, 3.63) is 35.7 Å². The van der Waals surface area contributed by atoms with Crippen LogP contribution in [0.4, 0.5) is 0 Å². The van der Waals surface area contributed by atoms with E-state index in [1.165, 1.54) is 0 Å². The van der Waals surface area contributed by atoms with Gasteiger partial charge in [0.25, 0.3) is 0 Å². The van der Waals surface area contributed by atoms with Crippen LogP contribution in [0.5, 0.6) is 0 Å². The molecule has 1 aromatic heterocycles. The SMILES string of the molecule is CCOCCN1CCN(Cc2nc3ccccc3nc2C)CC1. The Balaban J connectivity index is 1.57. The predicted molar refractivity (Wildman–Crippen MR) is 92.5 cm³/mol. The fourth-order valence-corrected chi connectivity index (χ4v) is 3.00. The molecule has 0 aliphatic carbocycles. The molecule has 0 amide bonds. The minimum absolute atomic E-state index is 0.805. The van der Waals surface area contributed by atoms with E-state index in [1.54, 1.807) is 0 Å². The highest BCUT2D eigenvalue weighted by molar-refractivity contribution is 5.74. The van der Waals surface area contributed by atoms with Gasteiger partial charge in [0.15, 0.2) is 0 Å². The molecule has 1 fully saturated rings. The van der Waals surface area contributed by atoms with E-state index < -0.39 is 0 Å². The topological polar surface area (TPSA) is 41.5 Å². The summed E-state index contributed by atoms with van der Waals surface area (Å²) >= 11 is 0. The lowest BCUT2D eigenvalue weighted by Crippen LogP contribution is -2.47. The molecule has 1 aliphatic heterocycles. The first kappa shape index (κ1) is 16.3. The molecule has 0 N–H and O–H groups in total. The number of rotatable bonds is 6. The van der Waals surface area contributed by atoms with Gasteiger partial charge in [-0.15, -0.1) is 0 Å². The number of nitrogens with zero attached hydrogens (tertiary/aromatic N) is 4. The summed E-state index contributed by atoms with van der Waals surface area (Å²) in [6, 6.07) is 8.10. The lowest BCUT2D eigenvalue weighted by Gasteiger charge is -2.34. The molecule has 1 aromatic carbocycles. The van der Waals surface area contributed by atoms with Crippen molar-refractivity contribution in [2.75, 3.05) is 45.9 Å². The van der Waals surface area contributed by atoms with Crippen LogP contribution in [0, 0.1) is 6.92 Å². The number of benzene rings is 1. The van der Waals surface area contributed by atoms with Crippen LogP contribution in [0.1, 0.15) is 18.3 Å². The molecule has 0 saturated carbocycles. The Morgan fingerprint density at radius 2 is 1.65 bits per heavy atom. The van der Waals surface area contributed by atoms with Gasteiger partial charge in [0.05, 0.1) is 29.0 Å². The average Bonchev–Trinajstić information content (AvgIpc) is 2.57. The third-order valence-electron chi connectivity index (χ3n) is 4.44. The number of ether oxygens (including phenoxy) is 1. The lowest BCUT2D eigenvalue weighted by atomic mass is 10.2. The summed E-state index contributed by atoms with van der Waals surface area (Å²) in [7, 11) is 0. The van der Waals surface area contributed by atoms with Crippen LogP contribution in [0.25, 0.3) is 11.0 Å². The molecule has 5 heteroatoms. The van der Waals surface area contributed by atoms with E-state index in [2.05, 4.69) is 21.7 Å². The number of hydrogen-bond acceptors (Lipinski definition) is 5. The first-order valence-corrected chi connectivity index (χ1v) is 8.51. The van der Waals surface area contributed by atoms with Gasteiger partial charge in [0, 0.05) is 45.9 Å². The van der Waals surface area contributed by atoms with E-state index in [1.807, 2.05) is 31.2 Å². The van der Waals surface area contributed by atoms with Gasteiger partial charge in [-0.05, 0) is 26.0 Å². The van der Waals surface area contributed by atoms with Crippen molar-refractivity contribution in [3.63, 3.8) is 0 Å². The molecule has 0 unspecified atom stereocenters. The zero-order valence-corrected chi connectivity index (χ0v) is 14.2. The average molecular weight is 314 g/mol. The molecular weight excluding hydrogens is 288 g/mol. The minimum atomic E-state index is 0.805. The van der Waals surface area contributed by atoms with Gasteiger partial charge in [-0.25, -0.2) is 9.97 Å². The second-order valence-electron chi connectivity index (χ2n) is 6.06. The Morgan fingerprint density at radius 1 is 1.00 bits per heavy atom. The smallest absolute Gasteiger partial charge is 0.0890 e. The summed E-state index contributed by atoms with van der Waals surface area (Å²) in [5.74, 6) is 0. The van der Waals surface area contributed by atoms with Gasteiger partial charge >= 0.3 is 0 Å². The second-order valence-corrected chi connectivity index (χ2v) is 6.06. The van der Waals surface area contributed by atoms with E-state index in [0.717, 1.165) is 74.9 Å². The van der Waals surface area contributed by atoms with Crippen LogP contribution >= 0.6 is 0 Å². The first-order chi connectivity index (χ1) is 11.3. The highest BCUT2D eigenvalue weighted by atomic mass is 16.5. The molecule has 1 aliphatic rings. The monoisotopic (exact) mass is 314 g/mol. The van der Waals surface area contributed by atoms with Crippen molar-refractivity contribution in [3.8, 4) is 0 Å². The third kappa shape index (κ3) is 4.25.